The van der Waals surface area contributed by atoms with Crippen LogP contribution in [0, 0.1) is 11.3 Å². The molecule has 2 aromatic rings. The van der Waals surface area contributed by atoms with Gasteiger partial charge in [-0.1, -0.05) is 17.3 Å². The summed E-state index contributed by atoms with van der Waals surface area (Å²) in [5, 5.41) is 19.2. The van der Waals surface area contributed by atoms with Crippen LogP contribution in [0.2, 0.25) is 0 Å². The third-order valence-electron chi connectivity index (χ3n) is 2.96. The Bertz CT molecular complexity index is 787. The van der Waals surface area contributed by atoms with Crippen LogP contribution >= 0.6 is 0 Å². The van der Waals surface area contributed by atoms with Gasteiger partial charge in [-0.25, -0.2) is 0 Å². The fourth-order valence-electron chi connectivity index (χ4n) is 1.62. The highest BCUT2D eigenvalue weighted by Crippen LogP contribution is 2.29. The molecule has 138 valence electrons. The summed E-state index contributed by atoms with van der Waals surface area (Å²) >= 11 is 0. The van der Waals surface area contributed by atoms with Crippen molar-refractivity contribution in [3.8, 4) is 6.07 Å². The molecular weight excluding hydrogens is 364 g/mol. The monoisotopic (exact) mass is 375 g/mol. The van der Waals surface area contributed by atoms with E-state index in [2.05, 4.69) is 5.16 Å². The van der Waals surface area contributed by atoms with Crippen molar-refractivity contribution in [3.63, 3.8) is 0 Å². The van der Waals surface area contributed by atoms with Gasteiger partial charge in [-0.05, 0) is 36.4 Å². The second-order valence-corrected chi connectivity index (χ2v) is 4.75. The molecule has 0 fully saturated rings. The summed E-state index contributed by atoms with van der Waals surface area (Å²) in [4.78, 5) is 0. The highest BCUT2D eigenvalue weighted by molar-refractivity contribution is 5.96. The zero-order valence-corrected chi connectivity index (χ0v) is 12.8. The molecule has 0 atom stereocenters. The van der Waals surface area contributed by atoms with Gasteiger partial charge in [0.1, 0.15) is 0 Å². The molecule has 4 nitrogen and oxygen atoms in total. The number of rotatable bonds is 1. The number of benzene rings is 2. The molecule has 10 heteroatoms. The molecule has 3 N–H and O–H groups in total. The van der Waals surface area contributed by atoms with Gasteiger partial charge in [0.15, 0.2) is 5.84 Å². The van der Waals surface area contributed by atoms with Gasteiger partial charge in [0.05, 0.1) is 22.8 Å². The van der Waals surface area contributed by atoms with Crippen LogP contribution in [0.5, 0.6) is 0 Å². The first-order valence-corrected chi connectivity index (χ1v) is 6.71. The fraction of sp³-hybridized carbons (Fsp3) is 0.125. The van der Waals surface area contributed by atoms with E-state index in [0.717, 1.165) is 48.5 Å². The van der Waals surface area contributed by atoms with Crippen LogP contribution in [0.1, 0.15) is 22.3 Å². The van der Waals surface area contributed by atoms with Crippen molar-refractivity contribution >= 4 is 5.84 Å². The zero-order valence-electron chi connectivity index (χ0n) is 12.8. The smallest absolute Gasteiger partial charge is 0.409 e. The lowest BCUT2D eigenvalue weighted by atomic mass is 10.1. The molecule has 0 aliphatic carbocycles. The Morgan fingerprint density at radius 2 is 1.23 bits per heavy atom. The van der Waals surface area contributed by atoms with Crippen molar-refractivity contribution in [2.45, 2.75) is 12.4 Å². The van der Waals surface area contributed by atoms with Gasteiger partial charge in [-0.2, -0.15) is 31.6 Å². The zero-order chi connectivity index (χ0) is 20.0. The maximum absolute atomic E-state index is 12.1. The number of halogens is 6. The van der Waals surface area contributed by atoms with E-state index in [1.807, 2.05) is 0 Å². The summed E-state index contributed by atoms with van der Waals surface area (Å²) in [5.74, 6) is -0.223. The Balaban J connectivity index is 0.000000263. The molecular formula is C16H11F6N3O. The van der Waals surface area contributed by atoms with E-state index in [1.165, 1.54) is 0 Å². The maximum atomic E-state index is 12.1. The van der Waals surface area contributed by atoms with Crippen molar-refractivity contribution in [1.82, 2.24) is 0 Å². The molecule has 0 saturated carbocycles. The minimum atomic E-state index is -4.37. The number of alkyl halides is 6. The summed E-state index contributed by atoms with van der Waals surface area (Å²) in [7, 11) is 0. The highest BCUT2D eigenvalue weighted by Gasteiger charge is 2.30. The molecule has 0 bridgehead atoms. The van der Waals surface area contributed by atoms with Crippen molar-refractivity contribution < 1.29 is 31.5 Å². The SMILES string of the molecule is N#Cc1ccc(C(F)(F)F)cc1.NC(=NO)c1ccc(C(F)(F)F)cc1. The van der Waals surface area contributed by atoms with E-state index in [9.17, 15) is 26.3 Å². The lowest BCUT2D eigenvalue weighted by Gasteiger charge is -2.06. The second-order valence-electron chi connectivity index (χ2n) is 4.75. The van der Waals surface area contributed by atoms with E-state index in [-0.39, 0.29) is 17.0 Å². The Morgan fingerprint density at radius 3 is 1.54 bits per heavy atom. The van der Waals surface area contributed by atoms with Gasteiger partial charge in [0.2, 0.25) is 0 Å². The van der Waals surface area contributed by atoms with E-state index in [0.29, 0.717) is 0 Å². The number of nitrogens with two attached hydrogens (primary N) is 1. The normalized spacial score (nSPS) is 12.0. The summed E-state index contributed by atoms with van der Waals surface area (Å²) in [6.45, 7) is 0. The Morgan fingerprint density at radius 1 is 0.846 bits per heavy atom. The van der Waals surface area contributed by atoms with E-state index in [1.54, 1.807) is 6.07 Å². The number of amidine groups is 1. The van der Waals surface area contributed by atoms with Crippen LogP contribution in [0.15, 0.2) is 53.7 Å². The first kappa shape index (κ1) is 20.8. The number of hydrogen-bond donors (Lipinski definition) is 2. The number of oxime groups is 1. The van der Waals surface area contributed by atoms with Crippen LogP contribution < -0.4 is 5.73 Å². The second kappa shape index (κ2) is 8.24. The topological polar surface area (TPSA) is 82.4 Å². The van der Waals surface area contributed by atoms with Crippen LogP contribution in [0.25, 0.3) is 0 Å². The number of nitriles is 1. The molecule has 0 aliphatic heterocycles. The molecule has 2 aromatic carbocycles. The lowest BCUT2D eigenvalue weighted by Crippen LogP contribution is -2.13. The molecule has 0 saturated heterocycles. The average molecular weight is 375 g/mol. The van der Waals surface area contributed by atoms with Gasteiger partial charge >= 0.3 is 12.4 Å². The minimum Gasteiger partial charge on any atom is -0.409 e. The number of hydrogen-bond acceptors (Lipinski definition) is 3. The third kappa shape index (κ3) is 6.01. The average Bonchev–Trinajstić information content (AvgIpc) is 2.60. The number of nitrogens with zero attached hydrogens (tertiary/aromatic N) is 2. The van der Waals surface area contributed by atoms with Crippen molar-refractivity contribution in [2.24, 2.45) is 10.9 Å². The largest absolute Gasteiger partial charge is 0.416 e. The Kier molecular flexibility index (Phi) is 6.60. The molecule has 0 amide bonds. The lowest BCUT2D eigenvalue weighted by molar-refractivity contribution is -0.138. The molecule has 0 aromatic heterocycles. The third-order valence-corrected chi connectivity index (χ3v) is 2.96. The highest BCUT2D eigenvalue weighted by atomic mass is 19.4. The Labute approximate surface area is 143 Å². The van der Waals surface area contributed by atoms with Crippen LogP contribution in [-0.4, -0.2) is 11.0 Å². The van der Waals surface area contributed by atoms with Gasteiger partial charge in [-0.15, -0.1) is 0 Å². The predicted octanol–water partition coefficient (Wildman–Crippen LogP) is 4.38. The molecule has 0 aliphatic rings. The van der Waals surface area contributed by atoms with E-state index < -0.39 is 23.5 Å². The fourth-order valence-corrected chi connectivity index (χ4v) is 1.62. The van der Waals surface area contributed by atoms with Gasteiger partial charge < -0.3 is 10.9 Å². The van der Waals surface area contributed by atoms with Crippen LogP contribution in [-0.2, 0) is 12.4 Å². The van der Waals surface area contributed by atoms with Gasteiger partial charge in [0, 0.05) is 5.56 Å². The van der Waals surface area contributed by atoms with Crippen molar-refractivity contribution in [1.29, 1.82) is 5.26 Å². The van der Waals surface area contributed by atoms with Crippen molar-refractivity contribution in [3.05, 3.63) is 70.8 Å². The standard InChI is InChI=1S/C8H7F3N2O.C8H4F3N/c9-8(10,11)6-3-1-5(2-4-6)7(12)13-14;9-8(10,11)7-3-1-6(5-12)2-4-7/h1-4,14H,(H2,12,13);1-4H. The Hall–Kier alpha value is -3.22. The predicted molar refractivity (Wildman–Crippen MR) is 80.1 cm³/mol. The van der Waals surface area contributed by atoms with Crippen LogP contribution in [0.3, 0.4) is 0 Å². The summed E-state index contributed by atoms with van der Waals surface area (Å²) in [5.41, 5.74) is 4.13. The molecule has 0 radical (unpaired) electrons. The maximum Gasteiger partial charge on any atom is 0.416 e. The van der Waals surface area contributed by atoms with Gasteiger partial charge in [0.25, 0.3) is 0 Å². The van der Waals surface area contributed by atoms with E-state index >= 15 is 0 Å². The molecule has 0 spiro atoms. The molecule has 0 heterocycles. The quantitative estimate of drug-likeness (QED) is 0.255. The van der Waals surface area contributed by atoms with Gasteiger partial charge in [-0.3, -0.25) is 0 Å². The molecule has 26 heavy (non-hydrogen) atoms. The summed E-state index contributed by atoms with van der Waals surface area (Å²) < 4.78 is 72.1. The summed E-state index contributed by atoms with van der Waals surface area (Å²) in [6.07, 6.45) is -8.70. The summed E-state index contributed by atoms with van der Waals surface area (Å²) in [6, 6.07) is 9.81. The first-order chi connectivity index (χ1) is 12.0. The van der Waals surface area contributed by atoms with Crippen molar-refractivity contribution in [2.75, 3.05) is 0 Å². The molecule has 0 unspecified atom stereocenters. The first-order valence-electron chi connectivity index (χ1n) is 6.71. The minimum absolute atomic E-state index is 0.223. The van der Waals surface area contributed by atoms with E-state index in [4.69, 9.17) is 16.2 Å². The molecule has 2 rings (SSSR count). The van der Waals surface area contributed by atoms with Crippen LogP contribution in [0.4, 0.5) is 26.3 Å².